The van der Waals surface area contributed by atoms with Crippen LogP contribution in [0.1, 0.15) is 5.69 Å². The molecular formula is C17H14N2O3. The van der Waals surface area contributed by atoms with Crippen molar-refractivity contribution in [2.75, 3.05) is 0 Å². The molecule has 0 bridgehead atoms. The number of non-ortho nitro benzene ring substituents is 1. The molecule has 2 aromatic carbocycles. The van der Waals surface area contributed by atoms with Crippen molar-refractivity contribution >= 4 is 5.69 Å². The third-order valence-corrected chi connectivity index (χ3v) is 3.56. The van der Waals surface area contributed by atoms with Gasteiger partial charge in [0.25, 0.3) is 5.69 Å². The van der Waals surface area contributed by atoms with E-state index < -0.39 is 4.92 Å². The van der Waals surface area contributed by atoms with E-state index in [9.17, 15) is 15.2 Å². The van der Waals surface area contributed by atoms with Crippen molar-refractivity contribution in [1.82, 2.24) is 4.57 Å². The summed E-state index contributed by atoms with van der Waals surface area (Å²) in [5.74, 6) is -0.120. The number of hydrogen-bond donors (Lipinski definition) is 1. The molecule has 0 aliphatic carbocycles. The monoisotopic (exact) mass is 294 g/mol. The number of aromatic hydroxyl groups is 1. The van der Waals surface area contributed by atoms with Crippen molar-refractivity contribution in [3.05, 3.63) is 76.5 Å². The fourth-order valence-corrected chi connectivity index (χ4v) is 2.51. The highest BCUT2D eigenvalue weighted by Crippen LogP contribution is 2.32. The highest BCUT2D eigenvalue weighted by molar-refractivity contribution is 5.66. The zero-order chi connectivity index (χ0) is 15.7. The molecule has 3 rings (SSSR count). The quantitative estimate of drug-likeness (QED) is 0.585. The van der Waals surface area contributed by atoms with E-state index in [-0.39, 0.29) is 11.4 Å². The van der Waals surface area contributed by atoms with Gasteiger partial charge >= 0.3 is 0 Å². The van der Waals surface area contributed by atoms with Crippen LogP contribution in [0.3, 0.4) is 0 Å². The summed E-state index contributed by atoms with van der Waals surface area (Å²) in [6.45, 7) is 1.92. The Labute approximate surface area is 127 Å². The number of aromatic nitrogens is 1. The predicted molar refractivity (Wildman–Crippen MR) is 84.3 cm³/mol. The first-order valence-corrected chi connectivity index (χ1v) is 6.79. The van der Waals surface area contributed by atoms with Crippen molar-refractivity contribution in [2.24, 2.45) is 0 Å². The van der Waals surface area contributed by atoms with Gasteiger partial charge in [-0.2, -0.15) is 0 Å². The van der Waals surface area contributed by atoms with E-state index in [1.807, 2.05) is 54.0 Å². The van der Waals surface area contributed by atoms with Crippen LogP contribution < -0.4 is 0 Å². The molecule has 0 unspecified atom stereocenters. The SMILES string of the molecule is Cc1ccc(-c2ccccc2)n1-c1ccc([N+](=O)[O-])cc1O. The number of nitro benzene ring substituents is 1. The molecule has 0 saturated carbocycles. The molecule has 1 aromatic heterocycles. The van der Waals surface area contributed by atoms with Crippen molar-refractivity contribution in [1.29, 1.82) is 0 Å². The fraction of sp³-hybridized carbons (Fsp3) is 0.0588. The van der Waals surface area contributed by atoms with Crippen molar-refractivity contribution < 1.29 is 10.0 Å². The number of phenolic OH excluding ortho intramolecular Hbond substituents is 1. The predicted octanol–water partition coefficient (Wildman–Crippen LogP) is 4.07. The first-order valence-electron chi connectivity index (χ1n) is 6.79. The summed E-state index contributed by atoms with van der Waals surface area (Å²) in [5.41, 5.74) is 3.25. The zero-order valence-electron chi connectivity index (χ0n) is 11.9. The van der Waals surface area contributed by atoms with Crippen LogP contribution in [0.15, 0.2) is 60.7 Å². The maximum Gasteiger partial charge on any atom is 0.273 e. The molecule has 1 heterocycles. The molecule has 0 radical (unpaired) electrons. The van der Waals surface area contributed by atoms with Crippen molar-refractivity contribution in [2.45, 2.75) is 6.92 Å². The lowest BCUT2D eigenvalue weighted by Gasteiger charge is -2.13. The van der Waals surface area contributed by atoms with Gasteiger partial charge in [0.15, 0.2) is 0 Å². The number of hydrogen-bond acceptors (Lipinski definition) is 3. The van der Waals surface area contributed by atoms with E-state index in [0.717, 1.165) is 17.0 Å². The molecule has 110 valence electrons. The van der Waals surface area contributed by atoms with Gasteiger partial charge < -0.3 is 9.67 Å². The number of nitro groups is 1. The van der Waals surface area contributed by atoms with Crippen LogP contribution in [0.2, 0.25) is 0 Å². The van der Waals surface area contributed by atoms with E-state index in [1.165, 1.54) is 12.1 Å². The molecule has 3 aromatic rings. The van der Waals surface area contributed by atoms with Gasteiger partial charge in [-0.05, 0) is 30.7 Å². The van der Waals surface area contributed by atoms with Gasteiger partial charge in [0, 0.05) is 11.8 Å². The average molecular weight is 294 g/mol. The Kier molecular flexibility index (Phi) is 3.39. The van der Waals surface area contributed by atoms with Gasteiger partial charge in [-0.3, -0.25) is 10.1 Å². The standard InChI is InChI=1S/C17H14N2O3/c1-12-7-9-15(13-5-3-2-4-6-13)18(12)16-10-8-14(19(21)22)11-17(16)20/h2-11,20H,1H3. The number of benzene rings is 2. The fourth-order valence-electron chi connectivity index (χ4n) is 2.51. The summed E-state index contributed by atoms with van der Waals surface area (Å²) in [6, 6.07) is 17.8. The lowest BCUT2D eigenvalue weighted by atomic mass is 10.1. The Morgan fingerprint density at radius 3 is 2.41 bits per heavy atom. The van der Waals surface area contributed by atoms with Crippen LogP contribution in [-0.4, -0.2) is 14.6 Å². The molecule has 1 N–H and O–H groups in total. The number of nitrogens with zero attached hydrogens (tertiary/aromatic N) is 2. The number of aryl methyl sites for hydroxylation is 1. The Hall–Kier alpha value is -3.08. The summed E-state index contributed by atoms with van der Waals surface area (Å²) in [6.07, 6.45) is 0. The highest BCUT2D eigenvalue weighted by Gasteiger charge is 2.15. The molecule has 0 aliphatic heterocycles. The van der Waals surface area contributed by atoms with E-state index >= 15 is 0 Å². The van der Waals surface area contributed by atoms with Crippen LogP contribution >= 0.6 is 0 Å². The lowest BCUT2D eigenvalue weighted by Crippen LogP contribution is -2.00. The maximum atomic E-state index is 10.8. The van der Waals surface area contributed by atoms with Crippen molar-refractivity contribution in [3.63, 3.8) is 0 Å². The first kappa shape index (κ1) is 13.9. The van der Waals surface area contributed by atoms with Gasteiger partial charge in [0.05, 0.1) is 22.4 Å². The molecule has 22 heavy (non-hydrogen) atoms. The molecule has 5 nitrogen and oxygen atoms in total. The smallest absolute Gasteiger partial charge is 0.273 e. The minimum absolute atomic E-state index is 0.120. The second-order valence-electron chi connectivity index (χ2n) is 4.99. The molecular weight excluding hydrogens is 280 g/mol. The Morgan fingerprint density at radius 1 is 1.05 bits per heavy atom. The minimum atomic E-state index is -0.524. The molecule has 0 aliphatic rings. The van der Waals surface area contributed by atoms with Gasteiger partial charge in [0.2, 0.25) is 0 Å². The van der Waals surface area contributed by atoms with E-state index in [4.69, 9.17) is 0 Å². The second-order valence-corrected chi connectivity index (χ2v) is 4.99. The molecule has 0 amide bonds. The third kappa shape index (κ3) is 2.33. The van der Waals surface area contributed by atoms with E-state index in [2.05, 4.69) is 0 Å². The van der Waals surface area contributed by atoms with Gasteiger partial charge in [-0.25, -0.2) is 0 Å². The largest absolute Gasteiger partial charge is 0.505 e. The zero-order valence-corrected chi connectivity index (χ0v) is 11.9. The van der Waals surface area contributed by atoms with Crippen LogP contribution in [0.25, 0.3) is 16.9 Å². The molecule has 0 spiro atoms. The summed E-state index contributed by atoms with van der Waals surface area (Å²) >= 11 is 0. The summed E-state index contributed by atoms with van der Waals surface area (Å²) < 4.78 is 1.88. The Bertz CT molecular complexity index is 838. The molecule has 0 saturated heterocycles. The van der Waals surface area contributed by atoms with Crippen molar-refractivity contribution in [3.8, 4) is 22.7 Å². The van der Waals surface area contributed by atoms with Gasteiger partial charge in [-0.15, -0.1) is 0 Å². The second kappa shape index (κ2) is 5.37. The first-order chi connectivity index (χ1) is 10.6. The Balaban J connectivity index is 2.17. The third-order valence-electron chi connectivity index (χ3n) is 3.56. The molecule has 0 atom stereocenters. The minimum Gasteiger partial charge on any atom is -0.505 e. The van der Waals surface area contributed by atoms with E-state index in [1.54, 1.807) is 6.07 Å². The topological polar surface area (TPSA) is 68.3 Å². The summed E-state index contributed by atoms with van der Waals surface area (Å²) in [4.78, 5) is 10.3. The van der Waals surface area contributed by atoms with E-state index in [0.29, 0.717) is 5.69 Å². The lowest BCUT2D eigenvalue weighted by molar-refractivity contribution is -0.384. The van der Waals surface area contributed by atoms with Gasteiger partial charge in [-0.1, -0.05) is 30.3 Å². The number of rotatable bonds is 3. The molecule has 0 fully saturated rings. The van der Waals surface area contributed by atoms with Crippen LogP contribution in [-0.2, 0) is 0 Å². The van der Waals surface area contributed by atoms with Crippen LogP contribution in [0.4, 0.5) is 5.69 Å². The Morgan fingerprint density at radius 2 is 1.77 bits per heavy atom. The van der Waals surface area contributed by atoms with Gasteiger partial charge in [0.1, 0.15) is 5.75 Å². The highest BCUT2D eigenvalue weighted by atomic mass is 16.6. The summed E-state index contributed by atoms with van der Waals surface area (Å²) in [7, 11) is 0. The van der Waals surface area contributed by atoms with Crippen LogP contribution in [0, 0.1) is 17.0 Å². The summed E-state index contributed by atoms with van der Waals surface area (Å²) in [5, 5.41) is 21.0. The van der Waals surface area contributed by atoms with Crippen LogP contribution in [0.5, 0.6) is 5.75 Å². The average Bonchev–Trinajstić information content (AvgIpc) is 2.89. The normalized spacial score (nSPS) is 10.6. The molecule has 5 heteroatoms. The maximum absolute atomic E-state index is 10.8. The number of phenols is 1.